The zero-order valence-corrected chi connectivity index (χ0v) is 13.1. The van der Waals surface area contributed by atoms with Crippen LogP contribution in [0.5, 0.6) is 0 Å². The van der Waals surface area contributed by atoms with Crippen LogP contribution in [0.4, 0.5) is 4.79 Å². The van der Waals surface area contributed by atoms with Gasteiger partial charge in [-0.3, -0.25) is 9.69 Å². The van der Waals surface area contributed by atoms with E-state index in [1.165, 1.54) is 17.7 Å². The average Bonchev–Trinajstić information content (AvgIpc) is 3.21. The molecule has 2 amide bonds. The van der Waals surface area contributed by atoms with Crippen molar-refractivity contribution in [3.8, 4) is 0 Å². The van der Waals surface area contributed by atoms with E-state index in [2.05, 4.69) is 4.90 Å². The molecular weight excluding hydrogens is 270 g/mol. The summed E-state index contributed by atoms with van der Waals surface area (Å²) in [5.74, 6) is 0.192. The van der Waals surface area contributed by atoms with Crippen LogP contribution in [0.15, 0.2) is 0 Å². The summed E-state index contributed by atoms with van der Waals surface area (Å²) >= 11 is 0. The number of carbonyl (C=O) groups excluding carboxylic acids is 1. The maximum Gasteiger partial charge on any atom is 0.323 e. The van der Waals surface area contributed by atoms with Gasteiger partial charge in [0.25, 0.3) is 0 Å². The fraction of sp³-hybridized carbons (Fsp3) is 0.867. The highest BCUT2D eigenvalue weighted by Crippen LogP contribution is 2.29. The molecule has 1 N–H and O–H groups in total. The van der Waals surface area contributed by atoms with E-state index in [1.54, 1.807) is 4.90 Å². The third-order valence-electron chi connectivity index (χ3n) is 4.04. The summed E-state index contributed by atoms with van der Waals surface area (Å²) in [6, 6.07) is -0.128. The van der Waals surface area contributed by atoms with Crippen LogP contribution in [0.1, 0.15) is 26.7 Å². The molecule has 2 aliphatic rings. The molecule has 2 fully saturated rings. The van der Waals surface area contributed by atoms with Crippen LogP contribution in [-0.4, -0.2) is 77.6 Å². The summed E-state index contributed by atoms with van der Waals surface area (Å²) in [4.78, 5) is 29.1. The number of amides is 2. The summed E-state index contributed by atoms with van der Waals surface area (Å²) in [6.07, 6.45) is 2.69. The number of hydrogen-bond acceptors (Lipinski definition) is 3. The van der Waals surface area contributed by atoms with Crippen molar-refractivity contribution in [1.29, 1.82) is 0 Å². The second-order valence-electron chi connectivity index (χ2n) is 6.68. The molecular formula is C15H27N3O3. The van der Waals surface area contributed by atoms with Crippen LogP contribution in [0.2, 0.25) is 0 Å². The SMILES string of the molecule is CC(C)CN(CC(=O)O)C(=O)N1CCN(CC2CC2)CC1. The van der Waals surface area contributed by atoms with E-state index in [4.69, 9.17) is 5.11 Å². The number of hydrogen-bond donors (Lipinski definition) is 1. The van der Waals surface area contributed by atoms with Gasteiger partial charge in [-0.15, -0.1) is 0 Å². The smallest absolute Gasteiger partial charge is 0.323 e. The van der Waals surface area contributed by atoms with Crippen LogP contribution in [0, 0.1) is 11.8 Å². The van der Waals surface area contributed by atoms with Crippen molar-refractivity contribution in [2.24, 2.45) is 11.8 Å². The lowest BCUT2D eigenvalue weighted by molar-refractivity contribution is -0.137. The Balaban J connectivity index is 1.83. The lowest BCUT2D eigenvalue weighted by Crippen LogP contribution is -2.54. The van der Waals surface area contributed by atoms with Crippen molar-refractivity contribution in [3.63, 3.8) is 0 Å². The number of carboxylic acid groups (broad SMARTS) is 1. The predicted molar refractivity (Wildman–Crippen MR) is 80.2 cm³/mol. The quantitative estimate of drug-likeness (QED) is 0.799. The number of piperazine rings is 1. The normalized spacial score (nSPS) is 19.9. The molecule has 0 bridgehead atoms. The maximum atomic E-state index is 12.5. The molecule has 120 valence electrons. The van der Waals surface area contributed by atoms with E-state index in [1.807, 2.05) is 13.8 Å². The van der Waals surface area contributed by atoms with Crippen LogP contribution < -0.4 is 0 Å². The molecule has 0 atom stereocenters. The standard InChI is InChI=1S/C15H27N3O3/c1-12(2)9-18(11-14(19)20)15(21)17-7-5-16(6-8-17)10-13-3-4-13/h12-13H,3-11H2,1-2H3,(H,19,20). The minimum Gasteiger partial charge on any atom is -0.480 e. The predicted octanol–water partition coefficient (Wildman–Crippen LogP) is 1.18. The first kappa shape index (κ1) is 16.1. The van der Waals surface area contributed by atoms with E-state index in [-0.39, 0.29) is 18.5 Å². The van der Waals surface area contributed by atoms with Gasteiger partial charge in [-0.25, -0.2) is 4.79 Å². The van der Waals surface area contributed by atoms with Gasteiger partial charge >= 0.3 is 12.0 Å². The molecule has 1 heterocycles. The first-order chi connectivity index (χ1) is 9.95. The Bertz CT molecular complexity index is 374. The number of urea groups is 1. The third-order valence-corrected chi connectivity index (χ3v) is 4.04. The summed E-state index contributed by atoms with van der Waals surface area (Å²) < 4.78 is 0. The first-order valence-electron chi connectivity index (χ1n) is 7.93. The minimum absolute atomic E-state index is 0.128. The van der Waals surface area contributed by atoms with Crippen LogP contribution >= 0.6 is 0 Å². The highest BCUT2D eigenvalue weighted by molar-refractivity contribution is 5.80. The molecule has 0 aromatic heterocycles. The van der Waals surface area contributed by atoms with Crippen molar-refractivity contribution in [2.75, 3.05) is 45.8 Å². The molecule has 1 aliphatic carbocycles. The monoisotopic (exact) mass is 297 g/mol. The van der Waals surface area contributed by atoms with Crippen molar-refractivity contribution in [3.05, 3.63) is 0 Å². The molecule has 6 heteroatoms. The zero-order valence-electron chi connectivity index (χ0n) is 13.1. The molecule has 0 unspecified atom stereocenters. The molecule has 1 aliphatic heterocycles. The Hall–Kier alpha value is -1.30. The van der Waals surface area contributed by atoms with Crippen molar-refractivity contribution in [1.82, 2.24) is 14.7 Å². The highest BCUT2D eigenvalue weighted by Gasteiger charge is 2.29. The van der Waals surface area contributed by atoms with Gasteiger partial charge in [0, 0.05) is 39.3 Å². The largest absolute Gasteiger partial charge is 0.480 e. The van der Waals surface area contributed by atoms with Gasteiger partial charge in [0.1, 0.15) is 6.54 Å². The Labute approximate surface area is 126 Å². The van der Waals surface area contributed by atoms with Gasteiger partial charge in [-0.2, -0.15) is 0 Å². The Morgan fingerprint density at radius 1 is 1.19 bits per heavy atom. The van der Waals surface area contributed by atoms with Crippen molar-refractivity contribution >= 4 is 12.0 Å². The lowest BCUT2D eigenvalue weighted by Gasteiger charge is -2.37. The van der Waals surface area contributed by atoms with E-state index >= 15 is 0 Å². The molecule has 0 spiro atoms. The topological polar surface area (TPSA) is 64.1 Å². The Morgan fingerprint density at radius 3 is 2.29 bits per heavy atom. The van der Waals surface area contributed by atoms with E-state index in [0.717, 1.165) is 25.6 Å². The van der Waals surface area contributed by atoms with Gasteiger partial charge in [0.05, 0.1) is 0 Å². The number of rotatable bonds is 6. The number of nitrogens with zero attached hydrogens (tertiary/aromatic N) is 3. The van der Waals surface area contributed by atoms with Gasteiger partial charge in [0.2, 0.25) is 0 Å². The fourth-order valence-corrected chi connectivity index (χ4v) is 2.80. The summed E-state index contributed by atoms with van der Waals surface area (Å²) in [5.41, 5.74) is 0. The van der Waals surface area contributed by atoms with Crippen molar-refractivity contribution in [2.45, 2.75) is 26.7 Å². The van der Waals surface area contributed by atoms with Crippen LogP contribution in [0.3, 0.4) is 0 Å². The highest BCUT2D eigenvalue weighted by atomic mass is 16.4. The Morgan fingerprint density at radius 2 is 1.81 bits per heavy atom. The molecule has 1 saturated carbocycles. The number of aliphatic carboxylic acids is 1. The second kappa shape index (κ2) is 7.11. The van der Waals surface area contributed by atoms with Gasteiger partial charge in [-0.05, 0) is 24.7 Å². The molecule has 0 aromatic carbocycles. The molecule has 21 heavy (non-hydrogen) atoms. The number of carbonyl (C=O) groups is 2. The summed E-state index contributed by atoms with van der Waals surface area (Å²) in [5, 5.41) is 8.97. The van der Waals surface area contributed by atoms with E-state index < -0.39 is 5.97 Å². The molecule has 0 radical (unpaired) electrons. The number of carboxylic acids is 1. The fourth-order valence-electron chi connectivity index (χ4n) is 2.80. The van der Waals surface area contributed by atoms with E-state index in [0.29, 0.717) is 19.6 Å². The van der Waals surface area contributed by atoms with Crippen molar-refractivity contribution < 1.29 is 14.7 Å². The second-order valence-corrected chi connectivity index (χ2v) is 6.68. The van der Waals surface area contributed by atoms with Gasteiger partial charge in [-0.1, -0.05) is 13.8 Å². The lowest BCUT2D eigenvalue weighted by atomic mass is 10.2. The zero-order chi connectivity index (χ0) is 15.4. The molecule has 6 nitrogen and oxygen atoms in total. The molecule has 2 rings (SSSR count). The first-order valence-corrected chi connectivity index (χ1v) is 7.93. The summed E-state index contributed by atoms with van der Waals surface area (Å²) in [7, 11) is 0. The van der Waals surface area contributed by atoms with Crippen LogP contribution in [0.25, 0.3) is 0 Å². The van der Waals surface area contributed by atoms with Gasteiger partial charge < -0.3 is 14.9 Å². The summed E-state index contributed by atoms with van der Waals surface area (Å²) in [6.45, 7) is 8.67. The van der Waals surface area contributed by atoms with E-state index in [9.17, 15) is 9.59 Å². The minimum atomic E-state index is -0.948. The van der Waals surface area contributed by atoms with Gasteiger partial charge in [0.15, 0.2) is 0 Å². The van der Waals surface area contributed by atoms with Crippen LogP contribution in [-0.2, 0) is 4.79 Å². The average molecular weight is 297 g/mol. The third kappa shape index (κ3) is 5.19. The maximum absolute atomic E-state index is 12.5. The Kier molecular flexibility index (Phi) is 5.45. The molecule has 0 aromatic rings. The molecule has 1 saturated heterocycles.